The largest absolute Gasteiger partial charge is 0.392 e. The highest BCUT2D eigenvalue weighted by Gasteiger charge is 2.10. The summed E-state index contributed by atoms with van der Waals surface area (Å²) in [6.07, 6.45) is 3.54. The topological polar surface area (TPSA) is 36.4 Å². The minimum atomic E-state index is -0.0598. The van der Waals surface area contributed by atoms with Crippen molar-refractivity contribution in [1.29, 1.82) is 0 Å². The Labute approximate surface area is 112 Å². The lowest BCUT2D eigenvalue weighted by Crippen LogP contribution is -2.18. The van der Waals surface area contributed by atoms with Crippen LogP contribution >= 0.6 is 11.6 Å². The van der Waals surface area contributed by atoms with Crippen LogP contribution in [0.4, 0.5) is 5.69 Å². The van der Waals surface area contributed by atoms with Crippen LogP contribution in [0, 0.1) is 0 Å². The van der Waals surface area contributed by atoms with Crippen LogP contribution in [0.3, 0.4) is 0 Å². The monoisotopic (exact) mass is 262 g/mol. The Bertz CT molecular complexity index is 516. The normalized spacial score (nSPS) is 10.4. The third-order valence-electron chi connectivity index (χ3n) is 2.83. The second kappa shape index (κ2) is 5.85. The van der Waals surface area contributed by atoms with E-state index in [1.165, 1.54) is 0 Å². The molecule has 0 saturated heterocycles. The Kier molecular flexibility index (Phi) is 4.18. The summed E-state index contributed by atoms with van der Waals surface area (Å²) in [6, 6.07) is 9.58. The van der Waals surface area contributed by atoms with Gasteiger partial charge < -0.3 is 10.0 Å². The molecule has 0 radical (unpaired) electrons. The quantitative estimate of drug-likeness (QED) is 0.921. The molecule has 0 spiro atoms. The van der Waals surface area contributed by atoms with Gasteiger partial charge in [-0.25, -0.2) is 0 Å². The summed E-state index contributed by atoms with van der Waals surface area (Å²) in [4.78, 5) is 6.06. The van der Waals surface area contributed by atoms with Gasteiger partial charge in [0, 0.05) is 42.3 Å². The van der Waals surface area contributed by atoms with Crippen molar-refractivity contribution in [3.05, 3.63) is 58.9 Å². The van der Waals surface area contributed by atoms with Gasteiger partial charge in [0.2, 0.25) is 0 Å². The molecular weight excluding hydrogens is 248 g/mol. The predicted octanol–water partition coefficient (Wildman–Crippen LogP) is 2.86. The molecule has 2 rings (SSSR count). The van der Waals surface area contributed by atoms with Gasteiger partial charge in [-0.1, -0.05) is 17.7 Å². The first-order chi connectivity index (χ1) is 8.72. The van der Waals surface area contributed by atoms with Crippen molar-refractivity contribution < 1.29 is 5.11 Å². The van der Waals surface area contributed by atoms with Gasteiger partial charge in [-0.3, -0.25) is 4.98 Å². The fourth-order valence-corrected chi connectivity index (χ4v) is 2.14. The highest BCUT2D eigenvalue weighted by Crippen LogP contribution is 2.27. The van der Waals surface area contributed by atoms with E-state index in [-0.39, 0.29) is 6.61 Å². The molecule has 1 aromatic carbocycles. The lowest BCUT2D eigenvalue weighted by Gasteiger charge is -2.22. The van der Waals surface area contributed by atoms with Crippen molar-refractivity contribution in [2.24, 2.45) is 0 Å². The molecule has 1 heterocycles. The van der Waals surface area contributed by atoms with Crippen molar-refractivity contribution in [1.82, 2.24) is 4.98 Å². The zero-order valence-corrected chi connectivity index (χ0v) is 10.9. The lowest BCUT2D eigenvalue weighted by atomic mass is 10.1. The van der Waals surface area contributed by atoms with E-state index in [4.69, 9.17) is 11.6 Å². The Morgan fingerprint density at radius 3 is 2.61 bits per heavy atom. The summed E-state index contributed by atoms with van der Waals surface area (Å²) in [7, 11) is 1.98. The standard InChI is InChI=1S/C14H15ClN2O/c1-17(9-11-5-7-16-8-6-11)14-4-2-3-13(15)12(14)10-18/h2-8,18H,9-10H2,1H3. The van der Waals surface area contributed by atoms with Crippen molar-refractivity contribution in [2.75, 3.05) is 11.9 Å². The van der Waals surface area contributed by atoms with Gasteiger partial charge in [-0.2, -0.15) is 0 Å². The van der Waals surface area contributed by atoms with E-state index >= 15 is 0 Å². The van der Waals surface area contributed by atoms with Crippen LogP contribution in [0.1, 0.15) is 11.1 Å². The van der Waals surface area contributed by atoms with E-state index in [2.05, 4.69) is 9.88 Å². The summed E-state index contributed by atoms with van der Waals surface area (Å²) in [6.45, 7) is 0.686. The maximum atomic E-state index is 9.39. The second-order valence-corrected chi connectivity index (χ2v) is 4.51. The molecule has 18 heavy (non-hydrogen) atoms. The van der Waals surface area contributed by atoms with Crippen LogP contribution in [0.15, 0.2) is 42.7 Å². The van der Waals surface area contributed by atoms with Gasteiger partial charge in [-0.15, -0.1) is 0 Å². The molecule has 0 bridgehead atoms. The van der Waals surface area contributed by atoms with E-state index < -0.39 is 0 Å². The van der Waals surface area contributed by atoms with E-state index in [1.54, 1.807) is 18.5 Å². The summed E-state index contributed by atoms with van der Waals surface area (Å²) in [5.74, 6) is 0. The Morgan fingerprint density at radius 1 is 1.22 bits per heavy atom. The van der Waals surface area contributed by atoms with Gasteiger partial charge in [0.15, 0.2) is 0 Å². The molecule has 0 unspecified atom stereocenters. The Balaban J connectivity index is 2.24. The third kappa shape index (κ3) is 2.81. The minimum Gasteiger partial charge on any atom is -0.392 e. The van der Waals surface area contributed by atoms with Gasteiger partial charge in [0.05, 0.1) is 6.61 Å². The predicted molar refractivity (Wildman–Crippen MR) is 73.7 cm³/mol. The van der Waals surface area contributed by atoms with Crippen LogP contribution in [0.25, 0.3) is 0 Å². The van der Waals surface area contributed by atoms with Crippen LogP contribution in [0.2, 0.25) is 5.02 Å². The second-order valence-electron chi connectivity index (χ2n) is 4.11. The molecule has 94 valence electrons. The van der Waals surface area contributed by atoms with Gasteiger partial charge in [0.25, 0.3) is 0 Å². The maximum Gasteiger partial charge on any atom is 0.0716 e. The minimum absolute atomic E-state index is 0.0598. The van der Waals surface area contributed by atoms with E-state index in [9.17, 15) is 5.11 Å². The molecule has 0 aliphatic carbocycles. The van der Waals surface area contributed by atoms with Gasteiger partial charge in [0.1, 0.15) is 0 Å². The fourth-order valence-electron chi connectivity index (χ4n) is 1.91. The first-order valence-corrected chi connectivity index (χ1v) is 6.08. The third-order valence-corrected chi connectivity index (χ3v) is 3.19. The average molecular weight is 263 g/mol. The molecule has 0 aliphatic heterocycles. The van der Waals surface area contributed by atoms with E-state index in [0.717, 1.165) is 23.4 Å². The van der Waals surface area contributed by atoms with Gasteiger partial charge >= 0.3 is 0 Å². The smallest absolute Gasteiger partial charge is 0.0716 e. The number of aliphatic hydroxyl groups is 1. The molecule has 0 amide bonds. The van der Waals surface area contributed by atoms with Crippen molar-refractivity contribution >= 4 is 17.3 Å². The Morgan fingerprint density at radius 2 is 1.94 bits per heavy atom. The number of anilines is 1. The molecule has 0 saturated carbocycles. The average Bonchev–Trinajstić information content (AvgIpc) is 2.39. The van der Waals surface area contributed by atoms with E-state index in [0.29, 0.717) is 5.02 Å². The summed E-state index contributed by atoms with van der Waals surface area (Å²) in [5.41, 5.74) is 2.87. The molecule has 2 aromatic rings. The number of hydrogen-bond acceptors (Lipinski definition) is 3. The summed E-state index contributed by atoms with van der Waals surface area (Å²) in [5, 5.41) is 9.99. The van der Waals surface area contributed by atoms with Crippen LogP contribution in [-0.2, 0) is 13.2 Å². The molecule has 3 nitrogen and oxygen atoms in total. The maximum absolute atomic E-state index is 9.39. The first kappa shape index (κ1) is 12.9. The van der Waals surface area contributed by atoms with Gasteiger partial charge in [-0.05, 0) is 29.8 Å². The Hall–Kier alpha value is -1.58. The molecule has 0 fully saturated rings. The lowest BCUT2D eigenvalue weighted by molar-refractivity contribution is 0.282. The zero-order chi connectivity index (χ0) is 13.0. The molecule has 1 aromatic heterocycles. The number of aromatic nitrogens is 1. The van der Waals surface area contributed by atoms with Crippen LogP contribution < -0.4 is 4.90 Å². The summed E-state index contributed by atoms with van der Waals surface area (Å²) < 4.78 is 0. The molecule has 1 N–H and O–H groups in total. The first-order valence-electron chi connectivity index (χ1n) is 5.70. The number of pyridine rings is 1. The molecule has 0 aliphatic rings. The molecule has 4 heteroatoms. The molecule has 0 atom stereocenters. The van der Waals surface area contributed by atoms with Crippen LogP contribution in [0.5, 0.6) is 0 Å². The van der Waals surface area contributed by atoms with Crippen molar-refractivity contribution in [3.63, 3.8) is 0 Å². The number of nitrogens with zero attached hydrogens (tertiary/aromatic N) is 2. The van der Waals surface area contributed by atoms with E-state index in [1.807, 2.05) is 31.3 Å². The molecular formula is C14H15ClN2O. The highest BCUT2D eigenvalue weighted by molar-refractivity contribution is 6.31. The number of benzene rings is 1. The SMILES string of the molecule is CN(Cc1ccncc1)c1cccc(Cl)c1CO. The van der Waals surface area contributed by atoms with Crippen molar-refractivity contribution in [3.8, 4) is 0 Å². The van der Waals surface area contributed by atoms with Crippen LogP contribution in [-0.4, -0.2) is 17.1 Å². The zero-order valence-electron chi connectivity index (χ0n) is 10.2. The van der Waals surface area contributed by atoms with Crippen molar-refractivity contribution in [2.45, 2.75) is 13.2 Å². The summed E-state index contributed by atoms with van der Waals surface area (Å²) >= 11 is 6.08. The highest BCUT2D eigenvalue weighted by atomic mass is 35.5. The number of halogens is 1. The number of hydrogen-bond donors (Lipinski definition) is 1. The fraction of sp³-hybridized carbons (Fsp3) is 0.214. The number of aliphatic hydroxyl groups excluding tert-OH is 1. The number of rotatable bonds is 4.